The Hall–Kier alpha value is -1.49. The van der Waals surface area contributed by atoms with Crippen LogP contribution in [0.2, 0.25) is 0 Å². The summed E-state index contributed by atoms with van der Waals surface area (Å²) in [5.74, 6) is -0.390. The van der Waals surface area contributed by atoms with Crippen LogP contribution in [0.3, 0.4) is 0 Å². The summed E-state index contributed by atoms with van der Waals surface area (Å²) in [7, 11) is 0. The number of hydrogen-bond donors (Lipinski definition) is 3. The molecule has 27 heavy (non-hydrogen) atoms. The van der Waals surface area contributed by atoms with Gasteiger partial charge in [-0.15, -0.1) is 0 Å². The van der Waals surface area contributed by atoms with Gasteiger partial charge in [-0.1, -0.05) is 0 Å². The van der Waals surface area contributed by atoms with Gasteiger partial charge in [-0.05, 0) is 0 Å². The molecule has 2 aromatic carbocycles. The summed E-state index contributed by atoms with van der Waals surface area (Å²) >= 11 is 20.8. The summed E-state index contributed by atoms with van der Waals surface area (Å²) < 4.78 is -1.21. The molecule has 1 amide bonds. The van der Waals surface area contributed by atoms with Crippen molar-refractivity contribution in [3.63, 3.8) is 0 Å². The Bertz CT molecular complexity index is 780. The van der Waals surface area contributed by atoms with Crippen molar-refractivity contribution >= 4 is 67.0 Å². The van der Waals surface area contributed by atoms with Crippen LogP contribution < -0.4 is 16.0 Å². The van der Waals surface area contributed by atoms with Crippen molar-refractivity contribution in [3.8, 4) is 0 Å². The molecule has 0 saturated heterocycles. The van der Waals surface area contributed by atoms with Gasteiger partial charge in [0.1, 0.15) is 0 Å². The molecule has 0 fully saturated rings. The van der Waals surface area contributed by atoms with Crippen LogP contribution in [0.1, 0.15) is 11.1 Å². The molecule has 0 aromatic heterocycles. The van der Waals surface area contributed by atoms with Gasteiger partial charge in [0.05, 0.1) is 0 Å². The van der Waals surface area contributed by atoms with E-state index < -0.39 is 15.9 Å². The van der Waals surface area contributed by atoms with Crippen molar-refractivity contribution in [2.75, 3.05) is 0 Å². The fourth-order valence-electron chi connectivity index (χ4n) is 2.09. The fraction of sp³-hybridized carbons (Fsp3) is 0.158. The van der Waals surface area contributed by atoms with Crippen LogP contribution in [0.4, 0.5) is 0 Å². The molecule has 2 rings (SSSR count). The standard InChI is InChI=1S/C19H18Cl3N3OSe/c20-19(21,22)17(24-16(26)12-11-14-7-3-1-4-8-14)25-18(27)23-13-15-9-5-2-6-10-15/h1-12,17H,13H2,(H,24,26)(H2,23,25,27)/b12-11+. The molecule has 0 aliphatic heterocycles. The van der Waals surface area contributed by atoms with Crippen LogP contribution in [-0.2, 0) is 11.3 Å². The summed E-state index contributed by atoms with van der Waals surface area (Å²) in [6.45, 7) is 0.574. The number of carbonyl (C=O) groups excluding carboxylic acids is 1. The van der Waals surface area contributed by atoms with Gasteiger partial charge in [0.25, 0.3) is 0 Å². The second-order valence-electron chi connectivity index (χ2n) is 5.54. The zero-order valence-electron chi connectivity index (χ0n) is 14.2. The number of hydrogen-bond acceptors (Lipinski definition) is 3. The monoisotopic (exact) mass is 489 g/mol. The topological polar surface area (TPSA) is 53.2 Å². The molecule has 1 unspecified atom stereocenters. The first-order chi connectivity index (χ1) is 12.8. The first-order valence-corrected chi connectivity index (χ1v) is 10.0. The van der Waals surface area contributed by atoms with Gasteiger partial charge in [0, 0.05) is 0 Å². The number of nitrogens with one attached hydrogen (secondary N) is 3. The summed E-state index contributed by atoms with van der Waals surface area (Å²) in [6, 6.07) is 19.3. The Kier molecular flexibility index (Phi) is 8.68. The van der Waals surface area contributed by atoms with Crippen molar-refractivity contribution in [1.82, 2.24) is 16.0 Å². The minimum absolute atomic E-state index is 0.390. The maximum atomic E-state index is 12.2. The van der Waals surface area contributed by atoms with Gasteiger partial charge in [-0.25, -0.2) is 0 Å². The van der Waals surface area contributed by atoms with E-state index in [0.717, 1.165) is 11.1 Å². The van der Waals surface area contributed by atoms with Crippen molar-refractivity contribution < 1.29 is 4.79 Å². The molecular formula is C19H18Cl3N3OSe. The van der Waals surface area contributed by atoms with Crippen molar-refractivity contribution in [2.24, 2.45) is 0 Å². The second kappa shape index (κ2) is 10.7. The van der Waals surface area contributed by atoms with Crippen LogP contribution in [-0.4, -0.2) is 36.1 Å². The van der Waals surface area contributed by atoms with Crippen LogP contribution >= 0.6 is 34.8 Å². The fourth-order valence-corrected chi connectivity index (χ4v) is 2.81. The van der Waals surface area contributed by atoms with Crippen molar-refractivity contribution in [3.05, 3.63) is 77.9 Å². The number of carbonyl (C=O) groups is 1. The van der Waals surface area contributed by atoms with Gasteiger partial charge < -0.3 is 0 Å². The molecule has 4 nitrogen and oxygen atoms in total. The third-order valence-electron chi connectivity index (χ3n) is 3.41. The van der Waals surface area contributed by atoms with Crippen molar-refractivity contribution in [1.29, 1.82) is 0 Å². The van der Waals surface area contributed by atoms with Gasteiger partial charge in [-0.2, -0.15) is 0 Å². The van der Waals surface area contributed by atoms with Crippen LogP contribution in [0.25, 0.3) is 6.08 Å². The third-order valence-corrected chi connectivity index (χ3v) is 4.62. The third kappa shape index (κ3) is 8.37. The predicted molar refractivity (Wildman–Crippen MR) is 115 cm³/mol. The Labute approximate surface area is 181 Å². The minimum atomic E-state index is -1.75. The number of rotatable bonds is 8. The van der Waals surface area contributed by atoms with Crippen LogP contribution in [0.5, 0.6) is 0 Å². The maximum absolute atomic E-state index is 12.2. The summed E-state index contributed by atoms with van der Waals surface area (Å²) in [6.07, 6.45) is 2.13. The second-order valence-corrected chi connectivity index (χ2v) is 8.77. The first kappa shape index (κ1) is 21.8. The molecule has 0 spiro atoms. The normalized spacial score (nSPS) is 12.4. The van der Waals surface area contributed by atoms with Gasteiger partial charge in [0.15, 0.2) is 0 Å². The zero-order chi connectivity index (χ0) is 19.7. The van der Waals surface area contributed by atoms with Crippen LogP contribution in [0, 0.1) is 0 Å². The molecule has 0 heterocycles. The Morgan fingerprint density at radius 3 is 2.19 bits per heavy atom. The quantitative estimate of drug-likeness (QED) is 0.231. The molecular weight excluding hydrogens is 472 g/mol. The van der Waals surface area contributed by atoms with E-state index in [1.54, 1.807) is 6.08 Å². The average Bonchev–Trinajstić information content (AvgIpc) is 2.65. The molecule has 0 radical (unpaired) electrons. The molecule has 0 aliphatic carbocycles. The van der Waals surface area contributed by atoms with E-state index in [1.807, 2.05) is 60.7 Å². The first-order valence-electron chi connectivity index (χ1n) is 8.03. The van der Waals surface area contributed by atoms with E-state index in [0.29, 0.717) is 11.2 Å². The Balaban J connectivity index is 1.91. The molecule has 0 aliphatic rings. The van der Waals surface area contributed by atoms with E-state index in [2.05, 4.69) is 31.5 Å². The van der Waals surface area contributed by atoms with Gasteiger partial charge in [0.2, 0.25) is 0 Å². The van der Waals surface area contributed by atoms with E-state index in [1.165, 1.54) is 6.08 Å². The van der Waals surface area contributed by atoms with E-state index in [9.17, 15) is 4.79 Å². The SMILES string of the molecule is O=C(/C=C/c1ccccc1)NC(NC(=[Se])NCc1ccccc1)C(Cl)(Cl)Cl. The van der Waals surface area contributed by atoms with Gasteiger partial charge in [-0.3, -0.25) is 0 Å². The zero-order valence-corrected chi connectivity index (χ0v) is 18.1. The number of alkyl halides is 3. The molecule has 142 valence electrons. The van der Waals surface area contributed by atoms with E-state index >= 15 is 0 Å². The van der Waals surface area contributed by atoms with E-state index in [4.69, 9.17) is 34.8 Å². The summed E-state index contributed by atoms with van der Waals surface area (Å²) in [5, 5.41) is 8.72. The summed E-state index contributed by atoms with van der Waals surface area (Å²) in [5.41, 5.74) is 1.99. The molecule has 0 saturated carbocycles. The summed E-state index contributed by atoms with van der Waals surface area (Å²) in [4.78, 5) is 12.2. The van der Waals surface area contributed by atoms with Crippen molar-refractivity contribution in [2.45, 2.75) is 16.5 Å². The number of amides is 1. The molecule has 2 aromatic rings. The molecule has 0 bridgehead atoms. The van der Waals surface area contributed by atoms with Crippen LogP contribution in [0.15, 0.2) is 66.7 Å². The molecule has 3 N–H and O–H groups in total. The average molecular weight is 490 g/mol. The Morgan fingerprint density at radius 2 is 1.59 bits per heavy atom. The number of halogens is 3. The molecule has 8 heteroatoms. The van der Waals surface area contributed by atoms with E-state index in [-0.39, 0.29) is 0 Å². The number of benzene rings is 2. The predicted octanol–water partition coefficient (Wildman–Crippen LogP) is 3.15. The van der Waals surface area contributed by atoms with Gasteiger partial charge >= 0.3 is 182 Å². The Morgan fingerprint density at radius 1 is 1.00 bits per heavy atom. The molecule has 1 atom stereocenters.